The number of fused-ring (bicyclic) bond motifs is 3. The molecule has 3 aromatic rings. The molecule has 0 unspecified atom stereocenters. The number of aromatic nitrogens is 1. The number of aliphatic carboxylic acids is 1. The minimum Gasteiger partial charge on any atom is -0.479 e. The lowest BCUT2D eigenvalue weighted by Crippen LogP contribution is -2.44. The molecule has 0 bridgehead atoms. The lowest BCUT2D eigenvalue weighted by Gasteiger charge is -2.15. The van der Waals surface area contributed by atoms with E-state index in [1.165, 1.54) is 6.07 Å². The lowest BCUT2D eigenvalue weighted by molar-refractivity contribution is -0.148. The average Bonchev–Trinajstić information content (AvgIpc) is 3.59. The molecule has 3 N–H and O–H groups in total. The van der Waals surface area contributed by atoms with Crippen LogP contribution in [0.25, 0.3) is 11.1 Å². The van der Waals surface area contributed by atoms with Crippen LogP contribution in [0, 0.1) is 0 Å². The summed E-state index contributed by atoms with van der Waals surface area (Å²) in [4.78, 5) is 35.9. The van der Waals surface area contributed by atoms with Gasteiger partial charge >= 0.3 is 12.1 Å². The van der Waals surface area contributed by atoms with E-state index in [0.29, 0.717) is 6.42 Å². The molecule has 1 fully saturated rings. The van der Waals surface area contributed by atoms with Gasteiger partial charge in [0.25, 0.3) is 5.91 Å². The molecule has 0 radical (unpaired) electrons. The van der Waals surface area contributed by atoms with E-state index in [1.807, 2.05) is 36.4 Å². The Balaban J connectivity index is 1.14. The van der Waals surface area contributed by atoms with Gasteiger partial charge in [0.15, 0.2) is 17.6 Å². The van der Waals surface area contributed by atoms with Crippen LogP contribution in [0.15, 0.2) is 59.1 Å². The average molecular weight is 477 g/mol. The van der Waals surface area contributed by atoms with Crippen LogP contribution in [0.3, 0.4) is 0 Å². The molecule has 2 aliphatic rings. The van der Waals surface area contributed by atoms with E-state index in [9.17, 15) is 14.4 Å². The molecule has 2 atom stereocenters. The number of carbonyl (C=O) groups is 3. The number of carbonyl (C=O) groups excluding carboxylic acids is 2. The van der Waals surface area contributed by atoms with Gasteiger partial charge in [-0.3, -0.25) is 4.79 Å². The van der Waals surface area contributed by atoms with Crippen molar-refractivity contribution in [3.05, 3.63) is 77.2 Å². The van der Waals surface area contributed by atoms with Gasteiger partial charge in [0.05, 0.1) is 12.6 Å². The van der Waals surface area contributed by atoms with Crippen molar-refractivity contribution in [1.82, 2.24) is 15.8 Å². The highest BCUT2D eigenvalue weighted by Gasteiger charge is 2.36. The first kappa shape index (κ1) is 22.6. The summed E-state index contributed by atoms with van der Waals surface area (Å²) in [6.45, 7) is 0.398. The fraction of sp³-hybridized carbons (Fsp3) is 0.280. The van der Waals surface area contributed by atoms with Crippen molar-refractivity contribution >= 4 is 18.0 Å². The molecule has 5 rings (SSSR count). The van der Waals surface area contributed by atoms with Crippen molar-refractivity contribution in [1.29, 1.82) is 0 Å². The molecule has 2 heterocycles. The van der Waals surface area contributed by atoms with E-state index in [-0.39, 0.29) is 37.1 Å². The molecular weight excluding hydrogens is 454 g/mol. The SMILES string of the molecule is O=C(NCc1cc(C(=O)N[C@@H]2CCO[C@@H]2C(=O)O)no1)OCC1c2ccccc2-c2ccccc21. The Morgan fingerprint density at radius 1 is 1.06 bits per heavy atom. The van der Waals surface area contributed by atoms with Crippen LogP contribution in [-0.4, -0.2) is 53.6 Å². The molecule has 1 saturated heterocycles. The summed E-state index contributed by atoms with van der Waals surface area (Å²) in [5.74, 6) is -1.52. The highest BCUT2D eigenvalue weighted by atomic mass is 16.5. The van der Waals surface area contributed by atoms with Gasteiger partial charge in [-0.2, -0.15) is 0 Å². The van der Waals surface area contributed by atoms with Gasteiger partial charge in [0.2, 0.25) is 0 Å². The van der Waals surface area contributed by atoms with Crippen molar-refractivity contribution in [3.8, 4) is 11.1 Å². The molecule has 1 aliphatic heterocycles. The van der Waals surface area contributed by atoms with E-state index in [0.717, 1.165) is 22.3 Å². The maximum Gasteiger partial charge on any atom is 0.407 e. The zero-order valence-corrected chi connectivity index (χ0v) is 18.6. The summed E-state index contributed by atoms with van der Waals surface area (Å²) < 4.78 is 15.7. The quantitative estimate of drug-likeness (QED) is 0.472. The number of hydrogen-bond donors (Lipinski definition) is 3. The Labute approximate surface area is 200 Å². The Hall–Kier alpha value is -4.18. The molecule has 1 aromatic heterocycles. The van der Waals surface area contributed by atoms with Crippen LogP contribution in [0.2, 0.25) is 0 Å². The van der Waals surface area contributed by atoms with Crippen molar-refractivity contribution in [2.45, 2.75) is 31.0 Å². The van der Waals surface area contributed by atoms with Gasteiger partial charge in [0, 0.05) is 18.6 Å². The van der Waals surface area contributed by atoms with Crippen molar-refractivity contribution in [3.63, 3.8) is 0 Å². The Morgan fingerprint density at radius 3 is 2.43 bits per heavy atom. The molecule has 0 saturated carbocycles. The van der Waals surface area contributed by atoms with Gasteiger partial charge in [-0.05, 0) is 28.7 Å². The van der Waals surface area contributed by atoms with E-state index in [2.05, 4.69) is 27.9 Å². The fourth-order valence-electron chi connectivity index (χ4n) is 4.54. The summed E-state index contributed by atoms with van der Waals surface area (Å²) in [5, 5.41) is 18.0. The highest BCUT2D eigenvalue weighted by molar-refractivity contribution is 5.93. The maximum atomic E-state index is 12.4. The second-order valence-corrected chi connectivity index (χ2v) is 8.36. The van der Waals surface area contributed by atoms with Gasteiger partial charge in [-0.15, -0.1) is 0 Å². The third kappa shape index (κ3) is 4.60. The number of alkyl carbamates (subject to hydrolysis) is 1. The van der Waals surface area contributed by atoms with E-state index < -0.39 is 30.1 Å². The molecular formula is C25H23N3O7. The molecule has 1 aliphatic carbocycles. The van der Waals surface area contributed by atoms with Crippen molar-refractivity contribution in [2.75, 3.05) is 13.2 Å². The van der Waals surface area contributed by atoms with E-state index in [4.69, 9.17) is 19.1 Å². The summed E-state index contributed by atoms with van der Waals surface area (Å²) in [6, 6.07) is 16.9. The zero-order chi connectivity index (χ0) is 24.4. The van der Waals surface area contributed by atoms with Crippen LogP contribution in [-0.2, 0) is 20.8 Å². The molecule has 0 spiro atoms. The second kappa shape index (κ2) is 9.59. The van der Waals surface area contributed by atoms with Crippen LogP contribution >= 0.6 is 0 Å². The summed E-state index contributed by atoms with van der Waals surface area (Å²) >= 11 is 0. The standard InChI is InChI=1S/C25H23N3O7/c29-23(27-20-9-10-33-22(20)24(30)31)21-11-14(35-28-21)12-26-25(32)34-13-19-17-7-3-1-5-15(17)16-6-2-4-8-18(16)19/h1-8,11,19-20,22H,9-10,12-13H2,(H,26,32)(H,27,29)(H,30,31)/t20-,22+/m1/s1. The van der Waals surface area contributed by atoms with Crippen molar-refractivity contribution in [2.24, 2.45) is 0 Å². The molecule has 10 heteroatoms. The largest absolute Gasteiger partial charge is 0.479 e. The lowest BCUT2D eigenvalue weighted by atomic mass is 9.98. The highest BCUT2D eigenvalue weighted by Crippen LogP contribution is 2.44. The third-order valence-corrected chi connectivity index (χ3v) is 6.19. The molecule has 2 aromatic carbocycles. The molecule has 35 heavy (non-hydrogen) atoms. The number of amides is 2. The van der Waals surface area contributed by atoms with E-state index in [1.54, 1.807) is 0 Å². The van der Waals surface area contributed by atoms with Crippen LogP contribution in [0.4, 0.5) is 4.79 Å². The number of carboxylic acid groups (broad SMARTS) is 1. The van der Waals surface area contributed by atoms with E-state index >= 15 is 0 Å². The topological polar surface area (TPSA) is 140 Å². The van der Waals surface area contributed by atoms with Gasteiger partial charge in [-0.25, -0.2) is 9.59 Å². The van der Waals surface area contributed by atoms with Crippen molar-refractivity contribution < 1.29 is 33.5 Å². The minimum absolute atomic E-state index is 0.0228. The number of rotatable bonds is 7. The third-order valence-electron chi connectivity index (χ3n) is 6.19. The maximum absolute atomic E-state index is 12.4. The summed E-state index contributed by atoms with van der Waals surface area (Å²) in [6.07, 6.45) is -1.33. The number of carboxylic acids is 1. The second-order valence-electron chi connectivity index (χ2n) is 8.36. The monoisotopic (exact) mass is 477 g/mol. The Bertz CT molecular complexity index is 1230. The molecule has 180 valence electrons. The predicted octanol–water partition coefficient (Wildman–Crippen LogP) is 2.69. The number of ether oxygens (including phenoxy) is 2. The van der Waals surface area contributed by atoms with Crippen LogP contribution in [0.1, 0.15) is 39.7 Å². The van der Waals surface area contributed by atoms with Crippen LogP contribution in [0.5, 0.6) is 0 Å². The molecule has 2 amide bonds. The smallest absolute Gasteiger partial charge is 0.407 e. The predicted molar refractivity (Wildman–Crippen MR) is 122 cm³/mol. The number of nitrogens with zero attached hydrogens (tertiary/aromatic N) is 1. The van der Waals surface area contributed by atoms with Gasteiger partial charge in [0.1, 0.15) is 6.61 Å². The summed E-state index contributed by atoms with van der Waals surface area (Å²) in [5.41, 5.74) is 4.49. The zero-order valence-electron chi connectivity index (χ0n) is 18.6. The molecule has 10 nitrogen and oxygen atoms in total. The fourth-order valence-corrected chi connectivity index (χ4v) is 4.54. The summed E-state index contributed by atoms with van der Waals surface area (Å²) in [7, 11) is 0. The first-order valence-corrected chi connectivity index (χ1v) is 11.2. The first-order chi connectivity index (χ1) is 17.0. The normalized spacial score (nSPS) is 18.5. The van der Waals surface area contributed by atoms with Crippen LogP contribution < -0.4 is 10.6 Å². The first-order valence-electron chi connectivity index (χ1n) is 11.2. The van der Waals surface area contributed by atoms with Gasteiger partial charge in [-0.1, -0.05) is 53.7 Å². The number of hydrogen-bond acceptors (Lipinski definition) is 7. The Morgan fingerprint density at radius 2 is 1.74 bits per heavy atom. The minimum atomic E-state index is -1.14. The number of benzene rings is 2. The Kier molecular flexibility index (Phi) is 6.19. The number of nitrogens with one attached hydrogen (secondary N) is 2. The van der Waals surface area contributed by atoms with Gasteiger partial charge < -0.3 is 29.7 Å².